The number of para-hydroxylation sites is 1. The SMILES string of the molecule is CC(C)(C)n1c(=O)c(NC=O)c(-c2ccccc2)n1-c1ccccc1. The number of rotatable bonds is 4. The average molecular weight is 335 g/mol. The first-order chi connectivity index (χ1) is 11.9. The van der Waals surface area contributed by atoms with E-state index in [1.54, 1.807) is 4.68 Å². The molecule has 5 nitrogen and oxygen atoms in total. The van der Waals surface area contributed by atoms with Crippen LogP contribution in [0.4, 0.5) is 5.69 Å². The van der Waals surface area contributed by atoms with E-state index in [1.165, 1.54) is 0 Å². The summed E-state index contributed by atoms with van der Waals surface area (Å²) in [5, 5.41) is 2.61. The Hall–Kier alpha value is -3.08. The highest BCUT2D eigenvalue weighted by molar-refractivity contribution is 5.83. The molecular formula is C20H21N3O2. The quantitative estimate of drug-likeness (QED) is 0.740. The Bertz CT molecular complexity index is 933. The van der Waals surface area contributed by atoms with Crippen molar-refractivity contribution in [3.05, 3.63) is 71.0 Å². The van der Waals surface area contributed by atoms with Crippen molar-refractivity contribution in [2.75, 3.05) is 5.32 Å². The maximum atomic E-state index is 13.1. The number of carbonyl (C=O) groups excluding carboxylic acids is 1. The van der Waals surface area contributed by atoms with E-state index in [-0.39, 0.29) is 11.2 Å². The summed E-state index contributed by atoms with van der Waals surface area (Å²) in [4.78, 5) is 24.3. The summed E-state index contributed by atoms with van der Waals surface area (Å²) in [7, 11) is 0. The molecule has 0 saturated carbocycles. The molecule has 25 heavy (non-hydrogen) atoms. The summed E-state index contributed by atoms with van der Waals surface area (Å²) in [5.74, 6) is 0. The van der Waals surface area contributed by atoms with E-state index in [0.717, 1.165) is 11.3 Å². The smallest absolute Gasteiger partial charge is 0.291 e. The molecule has 0 fully saturated rings. The van der Waals surface area contributed by atoms with Gasteiger partial charge in [0.2, 0.25) is 6.41 Å². The van der Waals surface area contributed by atoms with Crippen molar-refractivity contribution in [2.24, 2.45) is 0 Å². The number of carbonyl (C=O) groups is 1. The summed E-state index contributed by atoms with van der Waals surface area (Å²) in [6.45, 7) is 5.90. The first-order valence-electron chi connectivity index (χ1n) is 8.14. The number of aromatic nitrogens is 2. The number of amides is 1. The van der Waals surface area contributed by atoms with Gasteiger partial charge in [-0.05, 0) is 32.9 Å². The number of nitrogens with zero attached hydrogens (tertiary/aromatic N) is 2. The second-order valence-electron chi connectivity index (χ2n) is 6.79. The molecule has 0 atom stereocenters. The van der Waals surface area contributed by atoms with Crippen LogP contribution in [0.2, 0.25) is 0 Å². The van der Waals surface area contributed by atoms with E-state index < -0.39 is 5.54 Å². The lowest BCUT2D eigenvalue weighted by atomic mass is 10.1. The molecule has 0 aliphatic heterocycles. The van der Waals surface area contributed by atoms with Crippen LogP contribution in [0.5, 0.6) is 0 Å². The fourth-order valence-corrected chi connectivity index (χ4v) is 2.97. The summed E-state index contributed by atoms with van der Waals surface area (Å²) < 4.78 is 3.56. The van der Waals surface area contributed by atoms with Gasteiger partial charge in [-0.3, -0.25) is 9.59 Å². The molecule has 0 spiro atoms. The summed E-state index contributed by atoms with van der Waals surface area (Å²) >= 11 is 0. The normalized spacial score (nSPS) is 11.3. The van der Waals surface area contributed by atoms with Crippen LogP contribution in [0.25, 0.3) is 16.9 Å². The highest BCUT2D eigenvalue weighted by atomic mass is 16.1. The molecule has 0 radical (unpaired) electrons. The van der Waals surface area contributed by atoms with Crippen molar-refractivity contribution < 1.29 is 4.79 Å². The minimum atomic E-state index is -0.473. The lowest BCUT2D eigenvalue weighted by molar-refractivity contribution is -0.105. The molecule has 0 aliphatic carbocycles. The molecule has 0 unspecified atom stereocenters. The topological polar surface area (TPSA) is 56.0 Å². The molecule has 5 heteroatoms. The van der Waals surface area contributed by atoms with Gasteiger partial charge in [-0.15, -0.1) is 0 Å². The van der Waals surface area contributed by atoms with Gasteiger partial charge in [-0.1, -0.05) is 48.5 Å². The third-order valence-corrected chi connectivity index (χ3v) is 3.94. The van der Waals surface area contributed by atoms with Gasteiger partial charge in [0.1, 0.15) is 5.69 Å². The zero-order chi connectivity index (χ0) is 18.0. The number of hydrogen-bond donors (Lipinski definition) is 1. The van der Waals surface area contributed by atoms with Crippen molar-refractivity contribution in [1.29, 1.82) is 0 Å². The molecule has 3 aromatic rings. The van der Waals surface area contributed by atoms with Gasteiger partial charge in [0.25, 0.3) is 5.56 Å². The van der Waals surface area contributed by atoms with Crippen LogP contribution in [-0.2, 0) is 10.3 Å². The zero-order valence-corrected chi connectivity index (χ0v) is 14.6. The van der Waals surface area contributed by atoms with E-state index in [0.29, 0.717) is 12.1 Å². The Balaban J connectivity index is 2.47. The lowest BCUT2D eigenvalue weighted by Gasteiger charge is -2.25. The molecule has 1 N–H and O–H groups in total. The minimum Gasteiger partial charge on any atom is -0.322 e. The van der Waals surface area contributed by atoms with Crippen LogP contribution < -0.4 is 10.9 Å². The van der Waals surface area contributed by atoms with E-state index >= 15 is 0 Å². The number of hydrogen-bond acceptors (Lipinski definition) is 2. The average Bonchev–Trinajstić information content (AvgIpc) is 2.90. The molecule has 0 saturated heterocycles. The van der Waals surface area contributed by atoms with Gasteiger partial charge in [0.05, 0.1) is 16.9 Å². The Morgan fingerprint density at radius 1 is 0.920 bits per heavy atom. The highest BCUT2D eigenvalue weighted by Gasteiger charge is 2.28. The molecule has 1 amide bonds. The minimum absolute atomic E-state index is 0.234. The molecule has 3 rings (SSSR count). The van der Waals surface area contributed by atoms with Crippen LogP contribution in [-0.4, -0.2) is 15.8 Å². The van der Waals surface area contributed by atoms with Gasteiger partial charge in [0, 0.05) is 5.56 Å². The third kappa shape index (κ3) is 3.01. The second-order valence-corrected chi connectivity index (χ2v) is 6.79. The van der Waals surface area contributed by atoms with E-state index in [2.05, 4.69) is 5.32 Å². The van der Waals surface area contributed by atoms with Gasteiger partial charge in [-0.2, -0.15) is 0 Å². The molecule has 128 valence electrons. The molecule has 0 bridgehead atoms. The molecular weight excluding hydrogens is 314 g/mol. The van der Waals surface area contributed by atoms with E-state index in [9.17, 15) is 9.59 Å². The third-order valence-electron chi connectivity index (χ3n) is 3.94. The van der Waals surface area contributed by atoms with Crippen molar-refractivity contribution in [1.82, 2.24) is 9.36 Å². The fourth-order valence-electron chi connectivity index (χ4n) is 2.97. The van der Waals surface area contributed by atoms with Crippen molar-refractivity contribution in [3.8, 4) is 16.9 Å². The monoisotopic (exact) mass is 335 g/mol. The second kappa shape index (κ2) is 6.43. The maximum absolute atomic E-state index is 13.1. The first-order valence-corrected chi connectivity index (χ1v) is 8.14. The molecule has 1 heterocycles. The summed E-state index contributed by atoms with van der Waals surface area (Å²) in [6, 6.07) is 19.3. The highest BCUT2D eigenvalue weighted by Crippen LogP contribution is 2.31. The van der Waals surface area contributed by atoms with Crippen LogP contribution >= 0.6 is 0 Å². The number of nitrogens with one attached hydrogen (secondary N) is 1. The van der Waals surface area contributed by atoms with Crippen LogP contribution in [0.1, 0.15) is 20.8 Å². The molecule has 0 aliphatic rings. The fraction of sp³-hybridized carbons (Fsp3) is 0.200. The van der Waals surface area contributed by atoms with Crippen LogP contribution in [0, 0.1) is 0 Å². The Morgan fingerprint density at radius 2 is 1.48 bits per heavy atom. The van der Waals surface area contributed by atoms with E-state index in [1.807, 2.05) is 86.1 Å². The Labute approximate surface area is 146 Å². The summed E-state index contributed by atoms with van der Waals surface area (Å²) in [6.07, 6.45) is 0.547. The number of anilines is 1. The Morgan fingerprint density at radius 3 is 2.00 bits per heavy atom. The predicted octanol–water partition coefficient (Wildman–Crippen LogP) is 3.63. The van der Waals surface area contributed by atoms with Crippen molar-refractivity contribution in [3.63, 3.8) is 0 Å². The molecule has 2 aromatic carbocycles. The van der Waals surface area contributed by atoms with Crippen molar-refractivity contribution in [2.45, 2.75) is 26.3 Å². The van der Waals surface area contributed by atoms with Crippen LogP contribution in [0.15, 0.2) is 65.5 Å². The van der Waals surface area contributed by atoms with E-state index in [4.69, 9.17) is 0 Å². The maximum Gasteiger partial charge on any atom is 0.291 e. The van der Waals surface area contributed by atoms with Gasteiger partial charge in [0.15, 0.2) is 0 Å². The largest absolute Gasteiger partial charge is 0.322 e. The standard InChI is InChI=1S/C20H21N3O2/c1-20(2,3)23-19(25)17(21-14-24)18(15-10-6-4-7-11-15)22(23)16-12-8-5-9-13-16/h4-14H,1-3H3,(H,21,24). The number of benzene rings is 2. The van der Waals surface area contributed by atoms with Gasteiger partial charge >= 0.3 is 0 Å². The van der Waals surface area contributed by atoms with Gasteiger partial charge in [-0.25, -0.2) is 9.36 Å². The molecule has 1 aromatic heterocycles. The Kier molecular flexibility index (Phi) is 4.31. The van der Waals surface area contributed by atoms with Gasteiger partial charge < -0.3 is 5.32 Å². The zero-order valence-electron chi connectivity index (χ0n) is 14.6. The first kappa shape index (κ1) is 16.8. The summed E-state index contributed by atoms with van der Waals surface area (Å²) in [5.41, 5.74) is 1.95. The van der Waals surface area contributed by atoms with Crippen molar-refractivity contribution >= 4 is 12.1 Å². The predicted molar refractivity (Wildman–Crippen MR) is 100 cm³/mol. The lowest BCUT2D eigenvalue weighted by Crippen LogP contribution is -2.36. The van der Waals surface area contributed by atoms with Crippen LogP contribution in [0.3, 0.4) is 0 Å².